The van der Waals surface area contributed by atoms with E-state index in [-0.39, 0.29) is 8.72 Å². The molecule has 0 saturated heterocycles. The summed E-state index contributed by atoms with van der Waals surface area (Å²) in [5.41, 5.74) is -0.890. The minimum atomic E-state index is -4.28. The molecule has 0 fully saturated rings. The smallest absolute Gasteiger partial charge is 0.238 e. The first-order valence-corrected chi connectivity index (χ1v) is 7.09. The van der Waals surface area contributed by atoms with Gasteiger partial charge < -0.3 is 0 Å². The van der Waals surface area contributed by atoms with E-state index in [0.29, 0.717) is 0 Å². The van der Waals surface area contributed by atoms with E-state index in [1.165, 1.54) is 0 Å². The third kappa shape index (κ3) is 3.11. The third-order valence-corrected chi connectivity index (χ3v) is 4.18. The SMILES string of the molecule is O=S(=O)(Cl)c1cc(Cl)c(I)nc1C(F)F. The molecule has 1 heterocycles. The highest BCUT2D eigenvalue weighted by atomic mass is 127. The summed E-state index contributed by atoms with van der Waals surface area (Å²) in [6.45, 7) is 0. The second-order valence-corrected chi connectivity index (χ2v) is 6.35. The summed E-state index contributed by atoms with van der Waals surface area (Å²) in [6.07, 6.45) is -3.03. The van der Waals surface area contributed by atoms with Gasteiger partial charge in [0.1, 0.15) is 14.3 Å². The van der Waals surface area contributed by atoms with Gasteiger partial charge >= 0.3 is 0 Å². The van der Waals surface area contributed by atoms with Crippen molar-refractivity contribution < 1.29 is 17.2 Å². The molecule has 1 aromatic heterocycles. The van der Waals surface area contributed by atoms with Crippen molar-refractivity contribution in [2.75, 3.05) is 0 Å². The van der Waals surface area contributed by atoms with Crippen molar-refractivity contribution in [3.05, 3.63) is 20.5 Å². The Bertz CT molecular complexity index is 494. The minimum absolute atomic E-state index is 0.0424. The molecule has 0 aliphatic carbocycles. The molecular weight excluding hydrogens is 386 g/mol. The predicted molar refractivity (Wildman–Crippen MR) is 60.0 cm³/mol. The number of hydrogen-bond acceptors (Lipinski definition) is 3. The number of alkyl halides is 2. The van der Waals surface area contributed by atoms with Crippen LogP contribution in [-0.4, -0.2) is 13.4 Å². The lowest BCUT2D eigenvalue weighted by Crippen LogP contribution is -2.03. The van der Waals surface area contributed by atoms with Crippen LogP contribution in [0, 0.1) is 3.70 Å². The van der Waals surface area contributed by atoms with Crippen LogP contribution in [-0.2, 0) is 9.05 Å². The maximum atomic E-state index is 12.4. The van der Waals surface area contributed by atoms with Gasteiger partial charge in [0.2, 0.25) is 0 Å². The quantitative estimate of drug-likeness (QED) is 0.444. The molecule has 0 saturated carbocycles. The van der Waals surface area contributed by atoms with Crippen LogP contribution < -0.4 is 0 Å². The van der Waals surface area contributed by atoms with Gasteiger partial charge in [-0.3, -0.25) is 0 Å². The number of halogens is 5. The number of pyridine rings is 1. The summed E-state index contributed by atoms with van der Waals surface area (Å²) in [5.74, 6) is 0. The normalized spacial score (nSPS) is 12.1. The molecule has 3 nitrogen and oxygen atoms in total. The van der Waals surface area contributed by atoms with Gasteiger partial charge in [-0.05, 0) is 28.7 Å². The van der Waals surface area contributed by atoms with Crippen LogP contribution in [0.25, 0.3) is 0 Å². The van der Waals surface area contributed by atoms with Crippen molar-refractivity contribution in [2.24, 2.45) is 0 Å². The molecule has 0 aromatic carbocycles. The van der Waals surface area contributed by atoms with Crippen molar-refractivity contribution in [3.8, 4) is 0 Å². The molecule has 1 aromatic rings. The molecule has 0 aliphatic heterocycles. The van der Waals surface area contributed by atoms with Gasteiger partial charge in [-0.15, -0.1) is 0 Å². The minimum Gasteiger partial charge on any atom is -0.238 e. The van der Waals surface area contributed by atoms with Crippen LogP contribution in [0.1, 0.15) is 12.1 Å². The monoisotopic (exact) mass is 387 g/mol. The Morgan fingerprint density at radius 2 is 2.00 bits per heavy atom. The van der Waals surface area contributed by atoms with Gasteiger partial charge in [0.15, 0.2) is 0 Å². The second-order valence-electron chi connectivity index (χ2n) is 2.38. The Balaban J connectivity index is 3.56. The molecule has 0 atom stereocenters. The Morgan fingerprint density at radius 1 is 1.47 bits per heavy atom. The topological polar surface area (TPSA) is 47.0 Å². The van der Waals surface area contributed by atoms with Crippen LogP contribution in [0.5, 0.6) is 0 Å². The summed E-state index contributed by atoms with van der Waals surface area (Å²) in [7, 11) is 0.694. The molecule has 0 bridgehead atoms. The summed E-state index contributed by atoms with van der Waals surface area (Å²) >= 11 is 7.17. The molecule has 84 valence electrons. The van der Waals surface area contributed by atoms with E-state index < -0.39 is 26.1 Å². The molecule has 9 heteroatoms. The molecule has 15 heavy (non-hydrogen) atoms. The zero-order valence-corrected chi connectivity index (χ0v) is 11.2. The third-order valence-electron chi connectivity index (χ3n) is 1.40. The number of nitrogens with zero attached hydrogens (tertiary/aromatic N) is 1. The van der Waals surface area contributed by atoms with Gasteiger partial charge in [0.25, 0.3) is 15.5 Å². The van der Waals surface area contributed by atoms with Crippen LogP contribution in [0.4, 0.5) is 8.78 Å². The van der Waals surface area contributed by atoms with Gasteiger partial charge in [-0.2, -0.15) is 0 Å². The first kappa shape index (κ1) is 13.3. The molecule has 0 amide bonds. The fourth-order valence-corrected chi connectivity index (χ4v) is 2.46. The molecule has 0 N–H and O–H groups in total. The number of rotatable bonds is 2. The highest BCUT2D eigenvalue weighted by Gasteiger charge is 2.25. The Labute approximate surface area is 107 Å². The van der Waals surface area contributed by atoms with Crippen LogP contribution >= 0.6 is 44.9 Å². The van der Waals surface area contributed by atoms with E-state index in [2.05, 4.69) is 4.98 Å². The molecule has 1 rings (SSSR count). The van der Waals surface area contributed by atoms with Crippen molar-refractivity contribution in [3.63, 3.8) is 0 Å². The van der Waals surface area contributed by atoms with E-state index >= 15 is 0 Å². The van der Waals surface area contributed by atoms with E-state index in [0.717, 1.165) is 6.07 Å². The molecular formula is C6H2Cl2F2INO2S. The van der Waals surface area contributed by atoms with E-state index in [1.54, 1.807) is 22.6 Å². The fourth-order valence-electron chi connectivity index (χ4n) is 0.814. The first-order chi connectivity index (χ1) is 6.73. The van der Waals surface area contributed by atoms with E-state index in [9.17, 15) is 17.2 Å². The average Bonchev–Trinajstić information content (AvgIpc) is 2.06. The summed E-state index contributed by atoms with van der Waals surface area (Å²) in [5, 5.41) is -0.0424. The fraction of sp³-hybridized carbons (Fsp3) is 0.167. The Hall–Kier alpha value is 0.270. The Kier molecular flexibility index (Phi) is 4.13. The van der Waals surface area contributed by atoms with Crippen molar-refractivity contribution >= 4 is 53.9 Å². The predicted octanol–water partition coefficient (Wildman–Crippen LogP) is 3.20. The number of hydrogen-bond donors (Lipinski definition) is 0. The highest BCUT2D eigenvalue weighted by molar-refractivity contribution is 14.1. The van der Waals surface area contributed by atoms with Crippen LogP contribution in [0.2, 0.25) is 5.02 Å². The zero-order valence-electron chi connectivity index (χ0n) is 6.72. The highest BCUT2D eigenvalue weighted by Crippen LogP contribution is 2.31. The number of aromatic nitrogens is 1. The largest absolute Gasteiger partial charge is 0.281 e. The zero-order chi connectivity index (χ0) is 11.8. The molecule has 0 spiro atoms. The first-order valence-electron chi connectivity index (χ1n) is 3.32. The molecule has 0 radical (unpaired) electrons. The maximum absolute atomic E-state index is 12.4. The second kappa shape index (κ2) is 4.64. The van der Waals surface area contributed by atoms with Crippen LogP contribution in [0.15, 0.2) is 11.0 Å². The lowest BCUT2D eigenvalue weighted by molar-refractivity contribution is 0.142. The standard InChI is InChI=1S/C6H2Cl2F2INO2S/c7-2-1-3(15(8,13)14)4(5(9)10)12-6(2)11/h1,5H. The molecule has 0 unspecified atom stereocenters. The van der Waals surface area contributed by atoms with Gasteiger partial charge in [-0.25, -0.2) is 22.2 Å². The van der Waals surface area contributed by atoms with Crippen LogP contribution in [0.3, 0.4) is 0 Å². The van der Waals surface area contributed by atoms with Gasteiger partial charge in [0.05, 0.1) is 5.02 Å². The summed E-state index contributed by atoms with van der Waals surface area (Å²) in [4.78, 5) is 2.62. The summed E-state index contributed by atoms with van der Waals surface area (Å²) < 4.78 is 46.9. The van der Waals surface area contributed by atoms with E-state index in [1.807, 2.05) is 0 Å². The van der Waals surface area contributed by atoms with E-state index in [4.69, 9.17) is 22.3 Å². The Morgan fingerprint density at radius 3 is 2.40 bits per heavy atom. The summed E-state index contributed by atoms with van der Waals surface area (Å²) in [6, 6.07) is 0.861. The van der Waals surface area contributed by atoms with Crippen molar-refractivity contribution in [1.82, 2.24) is 4.98 Å². The molecule has 0 aliphatic rings. The maximum Gasteiger partial charge on any atom is 0.281 e. The lowest BCUT2D eigenvalue weighted by atomic mass is 10.3. The van der Waals surface area contributed by atoms with Gasteiger partial charge in [0, 0.05) is 10.7 Å². The van der Waals surface area contributed by atoms with Crippen molar-refractivity contribution in [1.29, 1.82) is 0 Å². The lowest BCUT2D eigenvalue weighted by Gasteiger charge is -2.06. The van der Waals surface area contributed by atoms with Crippen molar-refractivity contribution in [2.45, 2.75) is 11.3 Å². The average molecular weight is 388 g/mol. The van der Waals surface area contributed by atoms with Gasteiger partial charge in [-0.1, -0.05) is 11.6 Å².